The van der Waals surface area contributed by atoms with Crippen LogP contribution in [0.25, 0.3) is 0 Å². The molecule has 1 aliphatic rings. The van der Waals surface area contributed by atoms with Gasteiger partial charge < -0.3 is 4.90 Å². The molecular formula is C14H16N2O. The second kappa shape index (κ2) is 3.89. The monoisotopic (exact) mass is 228 g/mol. The third-order valence-corrected chi connectivity index (χ3v) is 3.77. The van der Waals surface area contributed by atoms with E-state index < -0.39 is 0 Å². The number of hydrogen-bond donors (Lipinski definition) is 0. The number of benzene rings is 1. The smallest absolute Gasteiger partial charge is 0.227 e. The molecule has 2 rings (SSSR count). The fourth-order valence-electron chi connectivity index (χ4n) is 2.31. The van der Waals surface area contributed by atoms with Crippen LogP contribution in [0.3, 0.4) is 0 Å². The Labute approximate surface area is 102 Å². The summed E-state index contributed by atoms with van der Waals surface area (Å²) in [7, 11) is 0. The van der Waals surface area contributed by atoms with Crippen LogP contribution in [0, 0.1) is 17.2 Å². The second-order valence-corrected chi connectivity index (χ2v) is 5.15. The van der Waals surface area contributed by atoms with Crippen molar-refractivity contribution in [2.24, 2.45) is 5.92 Å². The van der Waals surface area contributed by atoms with Crippen LogP contribution in [0.5, 0.6) is 0 Å². The molecule has 1 aromatic carbocycles. The molecule has 1 atom stereocenters. The van der Waals surface area contributed by atoms with E-state index in [1.807, 2.05) is 17.0 Å². The van der Waals surface area contributed by atoms with Crippen molar-refractivity contribution >= 4 is 11.6 Å². The van der Waals surface area contributed by atoms with Crippen molar-refractivity contribution in [3.63, 3.8) is 0 Å². The first-order chi connectivity index (χ1) is 7.96. The van der Waals surface area contributed by atoms with Crippen molar-refractivity contribution in [2.75, 3.05) is 4.90 Å². The molecule has 0 aliphatic carbocycles. The van der Waals surface area contributed by atoms with Crippen LogP contribution in [-0.4, -0.2) is 11.4 Å². The van der Waals surface area contributed by atoms with E-state index in [-0.39, 0.29) is 11.4 Å². The molecule has 17 heavy (non-hydrogen) atoms. The normalized spacial score (nSPS) is 22.6. The van der Waals surface area contributed by atoms with Gasteiger partial charge in [-0.05, 0) is 44.0 Å². The van der Waals surface area contributed by atoms with Crippen molar-refractivity contribution in [2.45, 2.75) is 32.7 Å². The fourth-order valence-corrected chi connectivity index (χ4v) is 2.31. The van der Waals surface area contributed by atoms with E-state index in [4.69, 9.17) is 5.26 Å². The Morgan fingerprint density at radius 2 is 1.94 bits per heavy atom. The van der Waals surface area contributed by atoms with Gasteiger partial charge in [0, 0.05) is 17.6 Å². The van der Waals surface area contributed by atoms with E-state index in [1.54, 1.807) is 12.1 Å². The van der Waals surface area contributed by atoms with Crippen LogP contribution in [0.15, 0.2) is 24.3 Å². The Bertz CT molecular complexity index is 482. The third-order valence-electron chi connectivity index (χ3n) is 3.77. The standard InChI is InChI=1S/C14H16N2O/c1-10-8-13(17)16(14(10,2)3)12-6-4-11(9-15)5-7-12/h4-7,10H,8H2,1-3H3. The molecule has 0 saturated carbocycles. The minimum Gasteiger partial charge on any atom is -0.307 e. The molecule has 3 heteroatoms. The minimum atomic E-state index is -0.161. The summed E-state index contributed by atoms with van der Waals surface area (Å²) in [5.74, 6) is 0.498. The first-order valence-corrected chi connectivity index (χ1v) is 5.80. The summed E-state index contributed by atoms with van der Waals surface area (Å²) in [4.78, 5) is 13.9. The largest absolute Gasteiger partial charge is 0.307 e. The lowest BCUT2D eigenvalue weighted by atomic mass is 9.90. The molecule has 88 valence electrons. The van der Waals surface area contributed by atoms with Crippen molar-refractivity contribution in [3.05, 3.63) is 29.8 Å². The number of amides is 1. The van der Waals surface area contributed by atoms with Crippen LogP contribution >= 0.6 is 0 Å². The first kappa shape index (κ1) is 11.7. The van der Waals surface area contributed by atoms with Gasteiger partial charge in [0.25, 0.3) is 0 Å². The number of nitriles is 1. The van der Waals surface area contributed by atoms with Gasteiger partial charge in [-0.2, -0.15) is 5.26 Å². The zero-order valence-corrected chi connectivity index (χ0v) is 10.4. The fraction of sp³-hybridized carbons (Fsp3) is 0.429. The van der Waals surface area contributed by atoms with Crippen molar-refractivity contribution in [1.82, 2.24) is 0 Å². The van der Waals surface area contributed by atoms with Gasteiger partial charge in [0.05, 0.1) is 11.6 Å². The summed E-state index contributed by atoms with van der Waals surface area (Å²) in [6, 6.07) is 9.27. The van der Waals surface area contributed by atoms with Crippen LogP contribution in [0.1, 0.15) is 32.8 Å². The van der Waals surface area contributed by atoms with E-state index in [0.29, 0.717) is 17.9 Å². The Morgan fingerprint density at radius 3 is 2.35 bits per heavy atom. The van der Waals surface area contributed by atoms with Gasteiger partial charge in [-0.1, -0.05) is 6.92 Å². The molecule has 1 unspecified atom stereocenters. The predicted octanol–water partition coefficient (Wildman–Crippen LogP) is 2.71. The molecule has 1 aliphatic heterocycles. The lowest BCUT2D eigenvalue weighted by Gasteiger charge is -2.34. The lowest BCUT2D eigenvalue weighted by Crippen LogP contribution is -2.43. The van der Waals surface area contributed by atoms with Gasteiger partial charge in [0.2, 0.25) is 5.91 Å². The molecule has 0 aromatic heterocycles. The van der Waals surface area contributed by atoms with E-state index in [1.165, 1.54) is 0 Å². The predicted molar refractivity (Wildman–Crippen MR) is 66.5 cm³/mol. The molecule has 0 spiro atoms. The number of anilines is 1. The molecular weight excluding hydrogens is 212 g/mol. The van der Waals surface area contributed by atoms with Crippen LogP contribution in [0.2, 0.25) is 0 Å². The summed E-state index contributed by atoms with van der Waals surface area (Å²) in [6.45, 7) is 6.27. The number of carbonyl (C=O) groups excluding carboxylic acids is 1. The summed E-state index contributed by atoms with van der Waals surface area (Å²) >= 11 is 0. The van der Waals surface area contributed by atoms with Crippen molar-refractivity contribution < 1.29 is 4.79 Å². The highest BCUT2D eigenvalue weighted by atomic mass is 16.2. The summed E-state index contributed by atoms with van der Waals surface area (Å²) in [5, 5.41) is 8.76. The summed E-state index contributed by atoms with van der Waals surface area (Å²) in [5.41, 5.74) is 1.33. The van der Waals surface area contributed by atoms with Crippen molar-refractivity contribution in [1.29, 1.82) is 5.26 Å². The van der Waals surface area contributed by atoms with Gasteiger partial charge in [-0.3, -0.25) is 4.79 Å². The molecule has 1 heterocycles. The SMILES string of the molecule is CC1CC(=O)N(c2ccc(C#N)cc2)C1(C)C. The number of nitrogens with zero attached hydrogens (tertiary/aromatic N) is 2. The van der Waals surface area contributed by atoms with Gasteiger partial charge in [0.15, 0.2) is 0 Å². The van der Waals surface area contributed by atoms with E-state index in [2.05, 4.69) is 26.8 Å². The average Bonchev–Trinajstić information content (AvgIpc) is 2.49. The third kappa shape index (κ3) is 1.80. The van der Waals surface area contributed by atoms with Gasteiger partial charge in [-0.25, -0.2) is 0 Å². The topological polar surface area (TPSA) is 44.1 Å². The molecule has 3 nitrogen and oxygen atoms in total. The molecule has 1 saturated heterocycles. The maximum Gasteiger partial charge on any atom is 0.227 e. The maximum atomic E-state index is 12.0. The summed E-state index contributed by atoms with van der Waals surface area (Å²) in [6.07, 6.45) is 0.590. The number of carbonyl (C=O) groups is 1. The van der Waals surface area contributed by atoms with Gasteiger partial charge in [0.1, 0.15) is 0 Å². The van der Waals surface area contributed by atoms with Crippen LogP contribution < -0.4 is 4.90 Å². The molecule has 0 N–H and O–H groups in total. The van der Waals surface area contributed by atoms with E-state index in [0.717, 1.165) is 5.69 Å². The van der Waals surface area contributed by atoms with E-state index >= 15 is 0 Å². The number of rotatable bonds is 1. The Hall–Kier alpha value is -1.82. The molecule has 1 amide bonds. The molecule has 0 bridgehead atoms. The maximum absolute atomic E-state index is 12.0. The number of hydrogen-bond acceptors (Lipinski definition) is 2. The van der Waals surface area contributed by atoms with Gasteiger partial charge >= 0.3 is 0 Å². The highest BCUT2D eigenvalue weighted by Gasteiger charge is 2.44. The highest BCUT2D eigenvalue weighted by molar-refractivity contribution is 5.97. The second-order valence-electron chi connectivity index (χ2n) is 5.15. The lowest BCUT2D eigenvalue weighted by molar-refractivity contribution is -0.117. The van der Waals surface area contributed by atoms with Gasteiger partial charge in [-0.15, -0.1) is 0 Å². The molecule has 0 radical (unpaired) electrons. The van der Waals surface area contributed by atoms with E-state index in [9.17, 15) is 4.79 Å². The Balaban J connectivity index is 2.39. The molecule has 1 aromatic rings. The van der Waals surface area contributed by atoms with Crippen LogP contribution in [0.4, 0.5) is 5.69 Å². The zero-order valence-electron chi connectivity index (χ0n) is 10.4. The average molecular weight is 228 g/mol. The Morgan fingerprint density at radius 1 is 1.35 bits per heavy atom. The zero-order chi connectivity index (χ0) is 12.6. The molecule has 1 fully saturated rings. The minimum absolute atomic E-state index is 0.159. The quantitative estimate of drug-likeness (QED) is 0.741. The van der Waals surface area contributed by atoms with Crippen molar-refractivity contribution in [3.8, 4) is 6.07 Å². The highest BCUT2D eigenvalue weighted by Crippen LogP contribution is 2.38. The van der Waals surface area contributed by atoms with Crippen LogP contribution in [-0.2, 0) is 4.79 Å². The first-order valence-electron chi connectivity index (χ1n) is 5.80. The Kier molecular flexibility index (Phi) is 2.66. The summed E-state index contributed by atoms with van der Waals surface area (Å²) < 4.78 is 0.